The molecule has 0 saturated heterocycles. The van der Waals surface area contributed by atoms with E-state index in [2.05, 4.69) is 31.1 Å². The van der Waals surface area contributed by atoms with E-state index >= 15 is 0 Å². The van der Waals surface area contributed by atoms with Gasteiger partial charge in [-0.3, -0.25) is 10.1 Å². The Hall–Kier alpha value is -0.940. The number of rotatable bonds is 5. The van der Waals surface area contributed by atoms with Crippen molar-refractivity contribution >= 4 is 17.3 Å². The van der Waals surface area contributed by atoms with Gasteiger partial charge in [-0.25, -0.2) is 4.98 Å². The van der Waals surface area contributed by atoms with E-state index in [4.69, 9.17) is 4.74 Å². The highest BCUT2D eigenvalue weighted by Crippen LogP contribution is 2.25. The number of nitrogens with one attached hydrogen (secondary N) is 1. The summed E-state index contributed by atoms with van der Waals surface area (Å²) in [4.78, 5) is 16.0. The highest BCUT2D eigenvalue weighted by molar-refractivity contribution is 7.09. The molecule has 5 heteroatoms. The predicted molar refractivity (Wildman–Crippen MR) is 73.7 cm³/mol. The molecule has 1 aromatic heterocycles. The minimum Gasteiger partial charge on any atom is -0.465 e. The van der Waals surface area contributed by atoms with E-state index in [1.54, 1.807) is 25.2 Å². The standard InChI is InChI=1S/C13H22N2O2S/c1-6-17-11(16)9(2)14-7-10-8-18-12(15-10)13(3,4)5/h8-9,14H,6-7H2,1-5H3. The molecule has 0 bridgehead atoms. The number of aromatic nitrogens is 1. The molecule has 0 aliphatic rings. The van der Waals surface area contributed by atoms with Gasteiger partial charge in [-0.1, -0.05) is 20.8 Å². The molecule has 1 heterocycles. The maximum Gasteiger partial charge on any atom is 0.322 e. The lowest BCUT2D eigenvalue weighted by atomic mass is 9.98. The third kappa shape index (κ3) is 4.38. The zero-order valence-corrected chi connectivity index (χ0v) is 12.6. The molecule has 0 saturated carbocycles. The monoisotopic (exact) mass is 270 g/mol. The summed E-state index contributed by atoms with van der Waals surface area (Å²) in [5.74, 6) is -0.219. The van der Waals surface area contributed by atoms with Crippen LogP contribution in [0.3, 0.4) is 0 Å². The first-order chi connectivity index (χ1) is 8.34. The second-order valence-electron chi connectivity index (χ2n) is 5.25. The Kier molecular flexibility index (Phi) is 5.28. The summed E-state index contributed by atoms with van der Waals surface area (Å²) >= 11 is 1.66. The van der Waals surface area contributed by atoms with Gasteiger partial charge < -0.3 is 4.74 Å². The number of esters is 1. The Morgan fingerprint density at radius 1 is 1.56 bits per heavy atom. The molecule has 0 aliphatic heterocycles. The van der Waals surface area contributed by atoms with Gasteiger partial charge in [-0.15, -0.1) is 11.3 Å². The van der Waals surface area contributed by atoms with Crippen molar-refractivity contribution in [3.63, 3.8) is 0 Å². The molecule has 0 radical (unpaired) electrons. The van der Waals surface area contributed by atoms with Gasteiger partial charge in [0.25, 0.3) is 0 Å². The molecule has 18 heavy (non-hydrogen) atoms. The Bertz CT molecular complexity index is 396. The summed E-state index contributed by atoms with van der Waals surface area (Å²) in [6, 6.07) is -0.301. The van der Waals surface area contributed by atoms with Gasteiger partial charge in [0.1, 0.15) is 6.04 Å². The second-order valence-corrected chi connectivity index (χ2v) is 6.11. The van der Waals surface area contributed by atoms with E-state index in [0.717, 1.165) is 10.7 Å². The highest BCUT2D eigenvalue weighted by Gasteiger charge is 2.18. The maximum atomic E-state index is 11.4. The highest BCUT2D eigenvalue weighted by atomic mass is 32.1. The molecule has 0 amide bonds. The number of thiazole rings is 1. The van der Waals surface area contributed by atoms with Gasteiger partial charge >= 0.3 is 5.97 Å². The Morgan fingerprint density at radius 2 is 2.22 bits per heavy atom. The molecule has 1 unspecified atom stereocenters. The van der Waals surface area contributed by atoms with Crippen LogP contribution in [0.5, 0.6) is 0 Å². The third-order valence-corrected chi connectivity index (χ3v) is 3.74. The first kappa shape index (κ1) is 15.1. The number of ether oxygens (including phenoxy) is 1. The average molecular weight is 270 g/mol. The molecule has 0 aliphatic carbocycles. The zero-order chi connectivity index (χ0) is 13.8. The molecular formula is C13H22N2O2S. The van der Waals surface area contributed by atoms with Crippen LogP contribution in [0.25, 0.3) is 0 Å². The molecule has 4 nitrogen and oxygen atoms in total. The topological polar surface area (TPSA) is 51.2 Å². The zero-order valence-electron chi connectivity index (χ0n) is 11.7. The van der Waals surface area contributed by atoms with Crippen LogP contribution >= 0.6 is 11.3 Å². The predicted octanol–water partition coefficient (Wildman–Crippen LogP) is 2.48. The van der Waals surface area contributed by atoms with Crippen LogP contribution in [0, 0.1) is 0 Å². The van der Waals surface area contributed by atoms with E-state index in [1.807, 2.05) is 5.38 Å². The van der Waals surface area contributed by atoms with Crippen molar-refractivity contribution in [2.45, 2.75) is 52.6 Å². The van der Waals surface area contributed by atoms with Gasteiger partial charge in [0.15, 0.2) is 0 Å². The van der Waals surface area contributed by atoms with Crippen LogP contribution in [0.2, 0.25) is 0 Å². The molecule has 1 N–H and O–H groups in total. The van der Waals surface area contributed by atoms with E-state index in [9.17, 15) is 4.79 Å². The Labute approximate surface area is 113 Å². The fourth-order valence-electron chi connectivity index (χ4n) is 1.34. The largest absolute Gasteiger partial charge is 0.465 e. The Morgan fingerprint density at radius 3 is 2.72 bits per heavy atom. The first-order valence-corrected chi connectivity index (χ1v) is 7.07. The summed E-state index contributed by atoms with van der Waals surface area (Å²) in [6.07, 6.45) is 0. The van der Waals surface area contributed by atoms with Crippen molar-refractivity contribution in [3.8, 4) is 0 Å². The molecule has 1 atom stereocenters. The lowest BCUT2D eigenvalue weighted by molar-refractivity contribution is -0.145. The van der Waals surface area contributed by atoms with Gasteiger partial charge in [0.2, 0.25) is 0 Å². The van der Waals surface area contributed by atoms with Gasteiger partial charge in [0, 0.05) is 17.3 Å². The Balaban J connectivity index is 2.49. The van der Waals surface area contributed by atoms with Crippen LogP contribution < -0.4 is 5.32 Å². The average Bonchev–Trinajstić information content (AvgIpc) is 2.74. The number of carbonyl (C=O) groups is 1. The molecule has 0 fully saturated rings. The van der Waals surface area contributed by atoms with E-state index in [1.165, 1.54) is 0 Å². The first-order valence-electron chi connectivity index (χ1n) is 6.19. The van der Waals surface area contributed by atoms with E-state index in [0.29, 0.717) is 13.2 Å². The lowest BCUT2D eigenvalue weighted by Crippen LogP contribution is -2.35. The summed E-state index contributed by atoms with van der Waals surface area (Å²) in [5, 5.41) is 6.27. The minimum atomic E-state index is -0.301. The lowest BCUT2D eigenvalue weighted by Gasteiger charge is -2.14. The molecular weight excluding hydrogens is 248 g/mol. The van der Waals surface area contributed by atoms with Gasteiger partial charge in [-0.05, 0) is 13.8 Å². The van der Waals surface area contributed by atoms with Crippen LogP contribution in [0.1, 0.15) is 45.3 Å². The number of hydrogen-bond donors (Lipinski definition) is 1. The SMILES string of the molecule is CCOC(=O)C(C)NCc1csc(C(C)(C)C)n1. The van der Waals surface area contributed by atoms with Crippen molar-refractivity contribution < 1.29 is 9.53 Å². The smallest absolute Gasteiger partial charge is 0.322 e. The number of carbonyl (C=O) groups excluding carboxylic acids is 1. The number of hydrogen-bond acceptors (Lipinski definition) is 5. The van der Waals surface area contributed by atoms with Crippen molar-refractivity contribution in [2.75, 3.05) is 6.61 Å². The van der Waals surface area contributed by atoms with Crippen molar-refractivity contribution in [2.24, 2.45) is 0 Å². The summed E-state index contributed by atoms with van der Waals surface area (Å²) in [5.41, 5.74) is 1.05. The second kappa shape index (κ2) is 6.29. The molecule has 1 aromatic rings. The summed E-state index contributed by atoms with van der Waals surface area (Å²) in [6.45, 7) is 11.0. The number of nitrogens with zero attached hydrogens (tertiary/aromatic N) is 1. The van der Waals surface area contributed by atoms with Crippen LogP contribution in [-0.2, 0) is 21.5 Å². The minimum absolute atomic E-state index is 0.0790. The van der Waals surface area contributed by atoms with Crippen LogP contribution in [0.15, 0.2) is 5.38 Å². The van der Waals surface area contributed by atoms with E-state index in [-0.39, 0.29) is 17.4 Å². The van der Waals surface area contributed by atoms with Gasteiger partial charge in [-0.2, -0.15) is 0 Å². The third-order valence-electron chi connectivity index (χ3n) is 2.42. The van der Waals surface area contributed by atoms with Gasteiger partial charge in [0.05, 0.1) is 17.3 Å². The van der Waals surface area contributed by atoms with Crippen LogP contribution in [0.4, 0.5) is 0 Å². The van der Waals surface area contributed by atoms with E-state index < -0.39 is 0 Å². The molecule has 102 valence electrons. The summed E-state index contributed by atoms with van der Waals surface area (Å²) in [7, 11) is 0. The van der Waals surface area contributed by atoms with Crippen molar-refractivity contribution in [1.29, 1.82) is 0 Å². The summed E-state index contributed by atoms with van der Waals surface area (Å²) < 4.78 is 4.93. The quantitative estimate of drug-likeness (QED) is 0.835. The fraction of sp³-hybridized carbons (Fsp3) is 0.692. The molecule has 0 spiro atoms. The van der Waals surface area contributed by atoms with Crippen molar-refractivity contribution in [3.05, 3.63) is 16.1 Å². The maximum absolute atomic E-state index is 11.4. The van der Waals surface area contributed by atoms with Crippen molar-refractivity contribution in [1.82, 2.24) is 10.3 Å². The molecule has 0 aromatic carbocycles. The molecule has 1 rings (SSSR count). The van der Waals surface area contributed by atoms with Crippen LogP contribution in [-0.4, -0.2) is 23.6 Å². The fourth-order valence-corrected chi connectivity index (χ4v) is 2.25. The normalized spacial score (nSPS) is 13.4.